The third kappa shape index (κ3) is 5.79. The van der Waals surface area contributed by atoms with Crippen molar-refractivity contribution in [1.29, 1.82) is 0 Å². The van der Waals surface area contributed by atoms with E-state index >= 15 is 0 Å². The number of nitrogens with two attached hydrogens (primary N) is 1. The monoisotopic (exact) mass is 299 g/mol. The number of anilines is 2. The molecule has 0 heterocycles. The predicted molar refractivity (Wildman–Crippen MR) is 84.6 cm³/mol. The standard InChI is InChI=1S/C14H22FN3OS/c1-3-18(4-2)7-8-20-10-14(19)17-11-5-6-12(15)13(16)9-11/h5-6,9H,3-4,7-8,10,16H2,1-2H3,(H,17,19). The van der Waals surface area contributed by atoms with Crippen LogP contribution in [0.1, 0.15) is 13.8 Å². The predicted octanol–water partition coefficient (Wildman–Crippen LogP) is 2.42. The van der Waals surface area contributed by atoms with Crippen molar-refractivity contribution >= 4 is 29.0 Å². The molecular weight excluding hydrogens is 277 g/mol. The van der Waals surface area contributed by atoms with E-state index in [0.29, 0.717) is 11.4 Å². The van der Waals surface area contributed by atoms with Gasteiger partial charge in [-0.2, -0.15) is 11.8 Å². The maximum absolute atomic E-state index is 13.0. The van der Waals surface area contributed by atoms with Crippen LogP contribution in [-0.2, 0) is 4.79 Å². The van der Waals surface area contributed by atoms with Crippen LogP contribution in [0.5, 0.6) is 0 Å². The highest BCUT2D eigenvalue weighted by Crippen LogP contribution is 2.16. The molecule has 0 aliphatic carbocycles. The first-order chi connectivity index (χ1) is 9.56. The quantitative estimate of drug-likeness (QED) is 0.572. The van der Waals surface area contributed by atoms with E-state index in [-0.39, 0.29) is 11.6 Å². The van der Waals surface area contributed by atoms with Crippen molar-refractivity contribution in [2.45, 2.75) is 13.8 Å². The number of carbonyl (C=O) groups is 1. The van der Waals surface area contributed by atoms with Crippen LogP contribution in [-0.4, -0.2) is 41.9 Å². The summed E-state index contributed by atoms with van der Waals surface area (Å²) < 4.78 is 13.0. The van der Waals surface area contributed by atoms with Gasteiger partial charge in [0.25, 0.3) is 0 Å². The molecule has 1 amide bonds. The normalized spacial score (nSPS) is 10.8. The molecule has 1 rings (SSSR count). The number of amides is 1. The van der Waals surface area contributed by atoms with Crippen molar-refractivity contribution in [1.82, 2.24) is 4.90 Å². The molecule has 1 aromatic carbocycles. The average Bonchev–Trinajstić information content (AvgIpc) is 2.43. The fraction of sp³-hybridized carbons (Fsp3) is 0.500. The Labute approximate surface area is 123 Å². The van der Waals surface area contributed by atoms with Crippen LogP contribution in [0.2, 0.25) is 0 Å². The van der Waals surface area contributed by atoms with E-state index in [1.807, 2.05) is 0 Å². The molecule has 112 valence electrons. The van der Waals surface area contributed by atoms with E-state index < -0.39 is 5.82 Å². The summed E-state index contributed by atoms with van der Waals surface area (Å²) in [5, 5.41) is 2.71. The van der Waals surface area contributed by atoms with Gasteiger partial charge < -0.3 is 16.0 Å². The molecule has 0 aliphatic heterocycles. The number of halogens is 1. The van der Waals surface area contributed by atoms with Crippen LogP contribution in [0, 0.1) is 5.82 Å². The van der Waals surface area contributed by atoms with Crippen LogP contribution >= 0.6 is 11.8 Å². The molecule has 0 fully saturated rings. The molecule has 0 radical (unpaired) electrons. The van der Waals surface area contributed by atoms with E-state index in [0.717, 1.165) is 25.4 Å². The Hall–Kier alpha value is -1.27. The van der Waals surface area contributed by atoms with Crippen molar-refractivity contribution < 1.29 is 9.18 Å². The fourth-order valence-electron chi connectivity index (χ4n) is 1.72. The SMILES string of the molecule is CCN(CC)CCSCC(=O)Nc1ccc(F)c(N)c1. The summed E-state index contributed by atoms with van der Waals surface area (Å²) >= 11 is 1.59. The zero-order valence-corrected chi connectivity index (χ0v) is 12.8. The van der Waals surface area contributed by atoms with Gasteiger partial charge in [0.1, 0.15) is 5.82 Å². The topological polar surface area (TPSA) is 58.4 Å². The second-order valence-electron chi connectivity index (χ2n) is 4.36. The first kappa shape index (κ1) is 16.8. The molecule has 4 nitrogen and oxygen atoms in total. The van der Waals surface area contributed by atoms with Crippen molar-refractivity contribution in [3.8, 4) is 0 Å². The van der Waals surface area contributed by atoms with Gasteiger partial charge in [-0.15, -0.1) is 0 Å². The highest BCUT2D eigenvalue weighted by molar-refractivity contribution is 7.99. The number of nitrogens with zero attached hydrogens (tertiary/aromatic N) is 1. The zero-order valence-electron chi connectivity index (χ0n) is 12.0. The van der Waals surface area contributed by atoms with Gasteiger partial charge in [0.2, 0.25) is 5.91 Å². The minimum atomic E-state index is -0.475. The lowest BCUT2D eigenvalue weighted by atomic mass is 10.2. The highest BCUT2D eigenvalue weighted by Gasteiger charge is 2.05. The first-order valence-corrected chi connectivity index (χ1v) is 7.87. The number of hydrogen-bond acceptors (Lipinski definition) is 4. The van der Waals surface area contributed by atoms with Gasteiger partial charge in [0.05, 0.1) is 11.4 Å². The minimum Gasteiger partial charge on any atom is -0.396 e. The maximum atomic E-state index is 13.0. The molecule has 0 bridgehead atoms. The molecule has 0 atom stereocenters. The number of nitrogens with one attached hydrogen (secondary N) is 1. The molecule has 6 heteroatoms. The number of nitrogen functional groups attached to an aromatic ring is 1. The van der Waals surface area contributed by atoms with Crippen molar-refractivity contribution in [3.63, 3.8) is 0 Å². The Balaban J connectivity index is 2.28. The molecule has 20 heavy (non-hydrogen) atoms. The summed E-state index contributed by atoms with van der Waals surface area (Å²) in [5.41, 5.74) is 6.01. The van der Waals surface area contributed by atoms with Gasteiger partial charge in [-0.3, -0.25) is 4.79 Å². The Kier molecular flexibility index (Phi) is 7.40. The van der Waals surface area contributed by atoms with Crippen LogP contribution in [0.25, 0.3) is 0 Å². The Morgan fingerprint density at radius 2 is 2.10 bits per heavy atom. The van der Waals surface area contributed by atoms with Crippen molar-refractivity contribution in [2.24, 2.45) is 0 Å². The van der Waals surface area contributed by atoms with E-state index in [9.17, 15) is 9.18 Å². The van der Waals surface area contributed by atoms with Gasteiger partial charge in [-0.25, -0.2) is 4.39 Å². The summed E-state index contributed by atoms with van der Waals surface area (Å²) in [5.74, 6) is 0.733. The largest absolute Gasteiger partial charge is 0.396 e. The number of benzene rings is 1. The second-order valence-corrected chi connectivity index (χ2v) is 5.47. The average molecular weight is 299 g/mol. The first-order valence-electron chi connectivity index (χ1n) is 6.71. The number of carbonyl (C=O) groups excluding carboxylic acids is 1. The number of rotatable bonds is 8. The van der Waals surface area contributed by atoms with E-state index in [1.165, 1.54) is 18.2 Å². The van der Waals surface area contributed by atoms with Gasteiger partial charge >= 0.3 is 0 Å². The maximum Gasteiger partial charge on any atom is 0.234 e. The molecule has 1 aromatic rings. The third-order valence-electron chi connectivity index (χ3n) is 2.96. The van der Waals surface area contributed by atoms with Gasteiger partial charge in [0.15, 0.2) is 0 Å². The lowest BCUT2D eigenvalue weighted by Crippen LogP contribution is -2.26. The molecular formula is C14H22FN3OS. The van der Waals surface area contributed by atoms with E-state index in [4.69, 9.17) is 5.73 Å². The lowest BCUT2D eigenvalue weighted by molar-refractivity contribution is -0.113. The van der Waals surface area contributed by atoms with Gasteiger partial charge in [0, 0.05) is 18.0 Å². The van der Waals surface area contributed by atoms with E-state index in [1.54, 1.807) is 11.8 Å². The zero-order chi connectivity index (χ0) is 15.0. The van der Waals surface area contributed by atoms with E-state index in [2.05, 4.69) is 24.1 Å². The Bertz CT molecular complexity index is 438. The summed E-state index contributed by atoms with van der Waals surface area (Å²) in [6.07, 6.45) is 0. The molecule has 0 aromatic heterocycles. The highest BCUT2D eigenvalue weighted by atomic mass is 32.2. The van der Waals surface area contributed by atoms with Crippen LogP contribution < -0.4 is 11.1 Å². The summed E-state index contributed by atoms with van der Waals surface area (Å²) in [7, 11) is 0. The Morgan fingerprint density at radius 1 is 1.40 bits per heavy atom. The van der Waals surface area contributed by atoms with Crippen LogP contribution in [0.3, 0.4) is 0 Å². The van der Waals surface area contributed by atoms with Crippen molar-refractivity contribution in [2.75, 3.05) is 42.2 Å². The number of hydrogen-bond donors (Lipinski definition) is 2. The lowest BCUT2D eigenvalue weighted by Gasteiger charge is -2.17. The molecule has 3 N–H and O–H groups in total. The summed E-state index contributed by atoms with van der Waals surface area (Å²) in [6, 6.07) is 4.18. The number of thioether (sulfide) groups is 1. The third-order valence-corrected chi connectivity index (χ3v) is 3.90. The second kappa shape index (κ2) is 8.81. The summed E-state index contributed by atoms with van der Waals surface area (Å²) in [4.78, 5) is 14.0. The molecule has 0 unspecified atom stereocenters. The van der Waals surface area contributed by atoms with Gasteiger partial charge in [-0.05, 0) is 31.3 Å². The fourth-order valence-corrected chi connectivity index (χ4v) is 2.51. The summed E-state index contributed by atoms with van der Waals surface area (Å²) in [6.45, 7) is 7.28. The van der Waals surface area contributed by atoms with Gasteiger partial charge in [-0.1, -0.05) is 13.8 Å². The minimum absolute atomic E-state index is 0.0389. The smallest absolute Gasteiger partial charge is 0.234 e. The molecule has 0 saturated heterocycles. The Morgan fingerprint density at radius 3 is 2.70 bits per heavy atom. The molecule has 0 aliphatic rings. The van der Waals surface area contributed by atoms with Crippen LogP contribution in [0.4, 0.5) is 15.8 Å². The molecule has 0 spiro atoms. The van der Waals surface area contributed by atoms with Crippen LogP contribution in [0.15, 0.2) is 18.2 Å². The molecule has 0 saturated carbocycles. The van der Waals surface area contributed by atoms with Crippen molar-refractivity contribution in [3.05, 3.63) is 24.0 Å².